The molecule has 0 spiro atoms. The summed E-state index contributed by atoms with van der Waals surface area (Å²) < 4.78 is 31.5. The molecule has 5 nitrogen and oxygen atoms in total. The first-order valence-corrected chi connectivity index (χ1v) is 11.2. The molecule has 1 amide bonds. The molecule has 4 aliphatic carbocycles. The van der Waals surface area contributed by atoms with Crippen molar-refractivity contribution in [2.75, 3.05) is 6.61 Å². The van der Waals surface area contributed by atoms with Crippen LogP contribution < -0.4 is 10.1 Å². The molecule has 2 bridgehead atoms. The summed E-state index contributed by atoms with van der Waals surface area (Å²) in [5.74, 6) is -1.21. The molecule has 4 aliphatic rings. The molecule has 0 radical (unpaired) electrons. The fourth-order valence-electron chi connectivity index (χ4n) is 5.31. The molecule has 4 fully saturated rings. The minimum Gasteiger partial charge on any atom is -0.486 e. The summed E-state index contributed by atoms with van der Waals surface area (Å²) in [4.78, 5) is 29.2. The lowest BCUT2D eigenvalue weighted by molar-refractivity contribution is -0.162. The molecule has 0 aliphatic heterocycles. The molecule has 168 valence electrons. The second-order valence-electron chi connectivity index (χ2n) is 9.88. The third-order valence-corrected chi connectivity index (χ3v) is 6.98. The van der Waals surface area contributed by atoms with Gasteiger partial charge < -0.3 is 10.1 Å². The largest absolute Gasteiger partial charge is 0.486 e. The summed E-state index contributed by atoms with van der Waals surface area (Å²) in [6.07, 6.45) is 9.35. The Hall–Kier alpha value is -2.83. The monoisotopic (exact) mass is 440 g/mol. The van der Waals surface area contributed by atoms with Gasteiger partial charge in [0.2, 0.25) is 0 Å². The molecule has 1 N–H and O–H groups in total. The van der Waals surface area contributed by atoms with Crippen LogP contribution in [0.4, 0.5) is 8.78 Å². The van der Waals surface area contributed by atoms with Crippen molar-refractivity contribution in [3.8, 4) is 5.75 Å². The van der Waals surface area contributed by atoms with E-state index in [1.54, 1.807) is 12.3 Å². The average molecular weight is 440 g/mol. The Balaban J connectivity index is 1.05. The SMILES string of the molecule is O=C(COc1ccc(F)c(F)c1)CC12CC(NC(=O)c3ccc(CCC4CC4)cn3)(C1)C2. The Bertz CT molecular complexity index is 1030. The molecule has 0 atom stereocenters. The molecule has 1 aromatic heterocycles. The number of amides is 1. The summed E-state index contributed by atoms with van der Waals surface area (Å²) in [6.45, 7) is -0.177. The number of ether oxygens (including phenoxy) is 1. The van der Waals surface area contributed by atoms with Gasteiger partial charge in [-0.3, -0.25) is 14.6 Å². The summed E-state index contributed by atoms with van der Waals surface area (Å²) in [5.41, 5.74) is 1.28. The van der Waals surface area contributed by atoms with Crippen LogP contribution in [-0.4, -0.2) is 28.8 Å². The molecule has 4 saturated carbocycles. The van der Waals surface area contributed by atoms with E-state index in [1.807, 2.05) is 6.07 Å². The number of nitrogens with one attached hydrogen (secondary N) is 1. The van der Waals surface area contributed by atoms with Crippen LogP contribution >= 0.6 is 0 Å². The Morgan fingerprint density at radius 2 is 1.88 bits per heavy atom. The number of carbonyl (C=O) groups is 2. The third kappa shape index (κ3) is 4.38. The first-order chi connectivity index (χ1) is 15.3. The summed E-state index contributed by atoms with van der Waals surface area (Å²) >= 11 is 0. The zero-order valence-corrected chi connectivity index (χ0v) is 17.8. The van der Waals surface area contributed by atoms with Gasteiger partial charge in [-0.1, -0.05) is 18.9 Å². The predicted octanol–water partition coefficient (Wildman–Crippen LogP) is 4.39. The number of aromatic nitrogens is 1. The van der Waals surface area contributed by atoms with E-state index >= 15 is 0 Å². The first-order valence-electron chi connectivity index (χ1n) is 11.2. The van der Waals surface area contributed by atoms with Crippen LogP contribution in [0.15, 0.2) is 36.5 Å². The summed E-state index contributed by atoms with van der Waals surface area (Å²) in [6, 6.07) is 6.98. The van der Waals surface area contributed by atoms with Crippen molar-refractivity contribution in [3.05, 3.63) is 59.4 Å². The molecule has 7 heteroatoms. The fourth-order valence-corrected chi connectivity index (χ4v) is 5.31. The van der Waals surface area contributed by atoms with Crippen molar-refractivity contribution >= 4 is 11.7 Å². The maximum atomic E-state index is 13.2. The average Bonchev–Trinajstić information content (AvgIpc) is 3.55. The molecule has 1 aromatic carbocycles. The van der Waals surface area contributed by atoms with Crippen molar-refractivity contribution in [3.63, 3.8) is 0 Å². The Morgan fingerprint density at radius 1 is 1.09 bits per heavy atom. The number of halogens is 2. The molecule has 32 heavy (non-hydrogen) atoms. The van der Waals surface area contributed by atoms with Crippen molar-refractivity contribution in [1.82, 2.24) is 10.3 Å². The summed E-state index contributed by atoms with van der Waals surface area (Å²) in [5, 5.41) is 3.10. The molecule has 0 unspecified atom stereocenters. The highest BCUT2D eigenvalue weighted by Crippen LogP contribution is 2.69. The van der Waals surface area contributed by atoms with Crippen LogP contribution in [0.25, 0.3) is 0 Å². The van der Waals surface area contributed by atoms with E-state index in [4.69, 9.17) is 4.74 Å². The lowest BCUT2D eigenvalue weighted by atomic mass is 9.38. The lowest BCUT2D eigenvalue weighted by Crippen LogP contribution is -2.75. The second-order valence-corrected chi connectivity index (χ2v) is 9.88. The molecular formula is C25H26F2N2O3. The second kappa shape index (κ2) is 7.94. The first kappa shape index (κ1) is 21.0. The van der Waals surface area contributed by atoms with E-state index in [-0.39, 0.29) is 35.0 Å². The van der Waals surface area contributed by atoms with Crippen LogP contribution in [0.1, 0.15) is 61.0 Å². The standard InChI is InChI=1S/C25H26F2N2O3/c26-20-7-6-19(9-21(20)27)32-12-18(30)10-24-13-25(14-24,15-24)29-23(31)22-8-5-17(11-28-22)4-3-16-1-2-16/h5-9,11,16H,1-4,10,12-15H2,(H,29,31). The van der Waals surface area contributed by atoms with Gasteiger partial charge in [-0.2, -0.15) is 0 Å². The van der Waals surface area contributed by atoms with E-state index in [2.05, 4.69) is 10.3 Å². The van der Waals surface area contributed by atoms with Crippen LogP contribution in [-0.2, 0) is 11.2 Å². The van der Waals surface area contributed by atoms with Crippen LogP contribution in [0.3, 0.4) is 0 Å². The van der Waals surface area contributed by atoms with Crippen molar-refractivity contribution in [2.45, 2.75) is 56.9 Å². The molecule has 2 aromatic rings. The number of hydrogen-bond donors (Lipinski definition) is 1. The number of carbonyl (C=O) groups excluding carboxylic acids is 2. The van der Waals surface area contributed by atoms with Crippen molar-refractivity contribution in [1.29, 1.82) is 0 Å². The highest BCUT2D eigenvalue weighted by Gasteiger charge is 2.68. The van der Waals surface area contributed by atoms with Gasteiger partial charge >= 0.3 is 0 Å². The van der Waals surface area contributed by atoms with Crippen LogP contribution in [0.5, 0.6) is 5.75 Å². The highest BCUT2D eigenvalue weighted by molar-refractivity contribution is 5.93. The number of aryl methyl sites for hydroxylation is 1. The maximum absolute atomic E-state index is 13.2. The Labute approximate surface area is 185 Å². The molecule has 0 saturated heterocycles. The smallest absolute Gasteiger partial charge is 0.270 e. The lowest BCUT2D eigenvalue weighted by Gasteiger charge is -2.70. The van der Waals surface area contributed by atoms with Crippen molar-refractivity contribution < 1.29 is 23.1 Å². The Kier molecular flexibility index (Phi) is 5.22. The highest BCUT2D eigenvalue weighted by atomic mass is 19.2. The van der Waals surface area contributed by atoms with Gasteiger partial charge in [0.25, 0.3) is 5.91 Å². The van der Waals surface area contributed by atoms with Crippen LogP contribution in [0, 0.1) is 23.0 Å². The van der Waals surface area contributed by atoms with Gasteiger partial charge in [0, 0.05) is 24.2 Å². The fraction of sp³-hybridized carbons (Fsp3) is 0.480. The summed E-state index contributed by atoms with van der Waals surface area (Å²) in [7, 11) is 0. The minimum atomic E-state index is -1.01. The van der Waals surface area contributed by atoms with Gasteiger partial charge in [-0.25, -0.2) is 8.78 Å². The van der Waals surface area contributed by atoms with E-state index in [9.17, 15) is 18.4 Å². The van der Waals surface area contributed by atoms with Gasteiger partial charge in [-0.15, -0.1) is 0 Å². The maximum Gasteiger partial charge on any atom is 0.270 e. The normalized spacial score (nSPS) is 25.4. The predicted molar refractivity (Wildman–Crippen MR) is 113 cm³/mol. The minimum absolute atomic E-state index is 0.0815. The van der Waals surface area contributed by atoms with Crippen molar-refractivity contribution in [2.24, 2.45) is 11.3 Å². The van der Waals surface area contributed by atoms with Crippen LogP contribution in [0.2, 0.25) is 0 Å². The van der Waals surface area contributed by atoms with E-state index in [0.717, 1.165) is 43.7 Å². The van der Waals surface area contributed by atoms with Gasteiger partial charge in [0.1, 0.15) is 18.1 Å². The number of hydrogen-bond acceptors (Lipinski definition) is 4. The number of benzene rings is 1. The molecule has 1 heterocycles. The van der Waals surface area contributed by atoms with Gasteiger partial charge in [-0.05, 0) is 67.2 Å². The van der Waals surface area contributed by atoms with Gasteiger partial charge in [0.05, 0.1) is 0 Å². The molecule has 6 rings (SSSR count). The number of nitrogens with zero attached hydrogens (tertiary/aromatic N) is 1. The zero-order valence-electron chi connectivity index (χ0n) is 17.8. The third-order valence-electron chi connectivity index (χ3n) is 6.98. The number of pyridine rings is 1. The van der Waals surface area contributed by atoms with E-state index in [0.29, 0.717) is 12.1 Å². The van der Waals surface area contributed by atoms with E-state index in [1.165, 1.54) is 30.9 Å². The number of rotatable bonds is 10. The topological polar surface area (TPSA) is 68.3 Å². The number of ketones is 1. The molecular weight excluding hydrogens is 414 g/mol. The number of Topliss-reactive ketones (excluding diaryl/α,β-unsaturated/α-hetero) is 1. The van der Waals surface area contributed by atoms with Gasteiger partial charge in [0.15, 0.2) is 17.4 Å². The Morgan fingerprint density at radius 3 is 2.53 bits per heavy atom. The quantitative estimate of drug-likeness (QED) is 0.595. The zero-order chi connectivity index (χ0) is 22.3. The van der Waals surface area contributed by atoms with E-state index < -0.39 is 11.6 Å².